The Morgan fingerprint density at radius 1 is 1.00 bits per heavy atom. The molecule has 2 amide bonds. The monoisotopic (exact) mass is 538 g/mol. The number of benzene rings is 3. The molecule has 9 nitrogen and oxygen atoms in total. The molecular formula is C26H26N4O5S2. The first-order valence-corrected chi connectivity index (χ1v) is 13.6. The summed E-state index contributed by atoms with van der Waals surface area (Å²) in [7, 11) is -2.15. The van der Waals surface area contributed by atoms with Crippen LogP contribution in [0.25, 0.3) is 10.2 Å². The van der Waals surface area contributed by atoms with Gasteiger partial charge in [-0.1, -0.05) is 29.0 Å². The van der Waals surface area contributed by atoms with Crippen LogP contribution in [0.1, 0.15) is 22.8 Å². The molecule has 0 atom stereocenters. The van der Waals surface area contributed by atoms with Gasteiger partial charge in [-0.25, -0.2) is 8.42 Å². The number of amides is 2. The average Bonchev–Trinajstić information content (AvgIpc) is 3.18. The van der Waals surface area contributed by atoms with Gasteiger partial charge in [0.05, 0.1) is 21.7 Å². The number of hydrogen-bond acceptors (Lipinski definition) is 6. The van der Waals surface area contributed by atoms with Gasteiger partial charge < -0.3 is 14.6 Å². The van der Waals surface area contributed by atoms with Gasteiger partial charge in [0.2, 0.25) is 5.91 Å². The third-order valence-electron chi connectivity index (χ3n) is 5.43. The standard InChI is InChI=1S/C26H26N4O5S2/c1-17-4-11-22(12-5-17)37(33,34)29-20-8-6-19(7-9-20)25(32)28-26-30(14-15-35-3)23-13-10-21(27-18(2)31)16-24(23)36-26/h4-13,16,29H,14-15H2,1-3H3,(H,27,31). The Morgan fingerprint density at radius 3 is 2.32 bits per heavy atom. The molecule has 0 fully saturated rings. The van der Waals surface area contributed by atoms with Gasteiger partial charge in [-0.3, -0.25) is 14.3 Å². The van der Waals surface area contributed by atoms with E-state index in [4.69, 9.17) is 4.74 Å². The molecule has 0 bridgehead atoms. The lowest BCUT2D eigenvalue weighted by Crippen LogP contribution is -2.19. The third-order valence-corrected chi connectivity index (χ3v) is 7.87. The van der Waals surface area contributed by atoms with Crippen LogP contribution in [0.3, 0.4) is 0 Å². The molecule has 0 radical (unpaired) electrons. The minimum absolute atomic E-state index is 0.153. The molecule has 11 heteroatoms. The number of anilines is 2. The van der Waals surface area contributed by atoms with E-state index in [0.717, 1.165) is 15.8 Å². The van der Waals surface area contributed by atoms with E-state index in [-0.39, 0.29) is 10.8 Å². The highest BCUT2D eigenvalue weighted by Gasteiger charge is 2.15. The Bertz CT molecular complexity index is 1620. The zero-order valence-corrected chi connectivity index (χ0v) is 22.2. The lowest BCUT2D eigenvalue weighted by Gasteiger charge is -2.08. The minimum atomic E-state index is -3.75. The number of ether oxygens (including phenoxy) is 1. The fourth-order valence-electron chi connectivity index (χ4n) is 3.60. The van der Waals surface area contributed by atoms with Gasteiger partial charge in [-0.15, -0.1) is 0 Å². The number of thiazole rings is 1. The number of carbonyl (C=O) groups is 2. The predicted octanol–water partition coefficient (Wildman–Crippen LogP) is 4.16. The van der Waals surface area contributed by atoms with Crippen LogP contribution in [0.15, 0.2) is 76.6 Å². The molecule has 1 aromatic heterocycles. The first kappa shape index (κ1) is 26.3. The van der Waals surface area contributed by atoms with Gasteiger partial charge in [-0.2, -0.15) is 4.99 Å². The number of nitrogens with one attached hydrogen (secondary N) is 2. The summed E-state index contributed by atoms with van der Waals surface area (Å²) in [4.78, 5) is 29.4. The second-order valence-corrected chi connectivity index (χ2v) is 11.0. The van der Waals surface area contributed by atoms with Gasteiger partial charge >= 0.3 is 0 Å². The molecule has 0 aliphatic rings. The molecule has 192 valence electrons. The summed E-state index contributed by atoms with van der Waals surface area (Å²) in [6.45, 7) is 4.24. The molecule has 4 aromatic rings. The number of nitrogens with zero attached hydrogens (tertiary/aromatic N) is 2. The molecular weight excluding hydrogens is 512 g/mol. The molecule has 0 aliphatic heterocycles. The highest BCUT2D eigenvalue weighted by Crippen LogP contribution is 2.23. The Kier molecular flexibility index (Phi) is 7.86. The summed E-state index contributed by atoms with van der Waals surface area (Å²) in [6, 6.07) is 18.1. The van der Waals surface area contributed by atoms with E-state index in [0.29, 0.717) is 34.9 Å². The van der Waals surface area contributed by atoms with Crippen molar-refractivity contribution in [2.45, 2.75) is 25.3 Å². The fourth-order valence-corrected chi connectivity index (χ4v) is 5.75. The molecule has 3 aromatic carbocycles. The summed E-state index contributed by atoms with van der Waals surface area (Å²) in [5.41, 5.74) is 3.12. The number of rotatable bonds is 8. The number of sulfonamides is 1. The van der Waals surface area contributed by atoms with Crippen molar-refractivity contribution in [3.63, 3.8) is 0 Å². The van der Waals surface area contributed by atoms with Crippen molar-refractivity contribution in [1.29, 1.82) is 0 Å². The average molecular weight is 539 g/mol. The highest BCUT2D eigenvalue weighted by molar-refractivity contribution is 7.92. The van der Waals surface area contributed by atoms with Crippen LogP contribution in [-0.2, 0) is 26.1 Å². The topological polar surface area (TPSA) is 119 Å². The maximum atomic E-state index is 13.0. The zero-order valence-electron chi connectivity index (χ0n) is 20.5. The summed E-state index contributed by atoms with van der Waals surface area (Å²) in [6.07, 6.45) is 0. The van der Waals surface area contributed by atoms with Crippen LogP contribution in [0, 0.1) is 6.92 Å². The molecule has 4 rings (SSSR count). The first-order valence-electron chi connectivity index (χ1n) is 11.3. The van der Waals surface area contributed by atoms with E-state index in [2.05, 4.69) is 15.0 Å². The smallest absolute Gasteiger partial charge is 0.279 e. The number of hydrogen-bond donors (Lipinski definition) is 2. The van der Waals surface area contributed by atoms with Crippen LogP contribution < -0.4 is 14.8 Å². The Labute approximate surface area is 218 Å². The number of methoxy groups -OCH3 is 1. The Hall–Kier alpha value is -3.80. The van der Waals surface area contributed by atoms with Crippen LogP contribution >= 0.6 is 11.3 Å². The van der Waals surface area contributed by atoms with E-state index >= 15 is 0 Å². The number of fused-ring (bicyclic) bond motifs is 1. The SMILES string of the molecule is COCCn1c(=NC(=O)c2ccc(NS(=O)(=O)c3ccc(C)cc3)cc2)sc2cc(NC(C)=O)ccc21. The number of aryl methyl sites for hydroxylation is 1. The highest BCUT2D eigenvalue weighted by atomic mass is 32.2. The molecule has 37 heavy (non-hydrogen) atoms. The molecule has 0 unspecified atom stereocenters. The summed E-state index contributed by atoms with van der Waals surface area (Å²) < 4.78 is 35.8. The van der Waals surface area contributed by atoms with Crippen molar-refractivity contribution in [2.75, 3.05) is 23.8 Å². The van der Waals surface area contributed by atoms with Crippen molar-refractivity contribution >= 4 is 54.8 Å². The van der Waals surface area contributed by atoms with E-state index in [9.17, 15) is 18.0 Å². The molecule has 0 saturated carbocycles. The second kappa shape index (κ2) is 11.1. The molecule has 0 aliphatic carbocycles. The maximum Gasteiger partial charge on any atom is 0.279 e. The van der Waals surface area contributed by atoms with Crippen LogP contribution in [0.5, 0.6) is 0 Å². The van der Waals surface area contributed by atoms with E-state index in [1.54, 1.807) is 25.3 Å². The van der Waals surface area contributed by atoms with Crippen molar-refractivity contribution in [1.82, 2.24) is 4.57 Å². The minimum Gasteiger partial charge on any atom is -0.383 e. The summed E-state index contributed by atoms with van der Waals surface area (Å²) in [5.74, 6) is -0.638. The third kappa shape index (κ3) is 6.31. The molecule has 2 N–H and O–H groups in total. The Balaban J connectivity index is 1.60. The fraction of sp³-hybridized carbons (Fsp3) is 0.192. The van der Waals surface area contributed by atoms with Gasteiger partial charge in [0.15, 0.2) is 4.80 Å². The van der Waals surface area contributed by atoms with Crippen molar-refractivity contribution in [3.05, 3.63) is 82.7 Å². The van der Waals surface area contributed by atoms with Crippen molar-refractivity contribution in [2.24, 2.45) is 4.99 Å². The van der Waals surface area contributed by atoms with E-state index < -0.39 is 15.9 Å². The van der Waals surface area contributed by atoms with E-state index in [1.807, 2.05) is 23.6 Å². The van der Waals surface area contributed by atoms with Gasteiger partial charge in [0, 0.05) is 37.5 Å². The maximum absolute atomic E-state index is 13.0. The van der Waals surface area contributed by atoms with Crippen LogP contribution in [0.2, 0.25) is 0 Å². The predicted molar refractivity (Wildman–Crippen MR) is 144 cm³/mol. The first-order chi connectivity index (χ1) is 17.7. The summed E-state index contributed by atoms with van der Waals surface area (Å²) in [5, 5.41) is 2.76. The van der Waals surface area contributed by atoms with Crippen LogP contribution in [0.4, 0.5) is 11.4 Å². The van der Waals surface area contributed by atoms with Crippen molar-refractivity contribution in [3.8, 4) is 0 Å². The Morgan fingerprint density at radius 2 is 1.68 bits per heavy atom. The number of aromatic nitrogens is 1. The van der Waals surface area contributed by atoms with Crippen molar-refractivity contribution < 1.29 is 22.7 Å². The second-order valence-electron chi connectivity index (χ2n) is 8.31. The quantitative estimate of drug-likeness (QED) is 0.349. The summed E-state index contributed by atoms with van der Waals surface area (Å²) >= 11 is 1.33. The molecule has 1 heterocycles. The van der Waals surface area contributed by atoms with Crippen LogP contribution in [-0.4, -0.2) is 38.5 Å². The zero-order chi connectivity index (χ0) is 26.6. The molecule has 0 saturated heterocycles. The van der Waals surface area contributed by atoms with Gasteiger partial charge in [-0.05, 0) is 61.5 Å². The van der Waals surface area contributed by atoms with Gasteiger partial charge in [0.1, 0.15) is 0 Å². The normalized spacial score (nSPS) is 12.0. The largest absolute Gasteiger partial charge is 0.383 e. The van der Waals surface area contributed by atoms with E-state index in [1.165, 1.54) is 54.7 Å². The lowest BCUT2D eigenvalue weighted by molar-refractivity contribution is -0.114. The van der Waals surface area contributed by atoms with Gasteiger partial charge in [0.25, 0.3) is 15.9 Å². The lowest BCUT2D eigenvalue weighted by atomic mass is 10.2. The number of carbonyl (C=O) groups excluding carboxylic acids is 2. The molecule has 0 spiro atoms.